The molecule has 90 valence electrons. The highest BCUT2D eigenvalue weighted by molar-refractivity contribution is 7.43. The fourth-order valence-corrected chi connectivity index (χ4v) is 0. The summed E-state index contributed by atoms with van der Waals surface area (Å²) in [6, 6.07) is 0. The van der Waals surface area contributed by atoms with Gasteiger partial charge in [0.2, 0.25) is 0 Å². The summed E-state index contributed by atoms with van der Waals surface area (Å²) in [6.45, 7) is 0. The van der Waals surface area contributed by atoms with Gasteiger partial charge in [-0.05, 0) is 0 Å². The minimum atomic E-state index is -4.65. The molecule has 0 aromatic heterocycles. The fourth-order valence-electron chi connectivity index (χ4n) is 0. The summed E-state index contributed by atoms with van der Waals surface area (Å²) in [5, 5.41) is 0. The van der Waals surface area contributed by atoms with Crippen molar-refractivity contribution in [2.45, 2.75) is 0 Å². The molecule has 0 saturated carbocycles. The van der Waals surface area contributed by atoms with E-state index in [1.807, 2.05) is 0 Å². The standard InChI is InChI=1S/2C3H9N.CH5O4P/c2*1-4(2)3;1-5-6(2,3)4/h2*1-3H3;1H3,(H2,2,3,4). The third kappa shape index (κ3) is 159. The van der Waals surface area contributed by atoms with E-state index < -0.39 is 7.82 Å². The highest BCUT2D eigenvalue weighted by Crippen LogP contribution is 2.21. The van der Waals surface area contributed by atoms with Crippen molar-refractivity contribution in [3.8, 4) is 0 Å². The van der Waals surface area contributed by atoms with E-state index >= 15 is 0 Å². The zero-order valence-electron chi connectivity index (χ0n) is 10.1. The maximum Gasteiger partial charge on any atom is 0.0661 e. The summed E-state index contributed by atoms with van der Waals surface area (Å²) < 4.78 is 12.6. The molecule has 0 atom stereocenters. The first-order valence-electron chi connectivity index (χ1n) is 4.14. The topological polar surface area (TPSA) is 81.3 Å². The average Bonchev–Trinajstić information content (AvgIpc) is 1.83. The zero-order chi connectivity index (χ0) is 12.4. The van der Waals surface area contributed by atoms with Crippen molar-refractivity contribution < 1.29 is 28.7 Å². The monoisotopic (exact) mass is 230 g/mol. The Labute approximate surface area is 86.7 Å². The van der Waals surface area contributed by atoms with Gasteiger partial charge in [-0.15, -0.1) is 0 Å². The molecule has 0 aromatic rings. The molecule has 0 rings (SSSR count). The predicted molar refractivity (Wildman–Crippen MR) is 52.1 cm³/mol. The van der Waals surface area contributed by atoms with Gasteiger partial charge in [-0.3, -0.25) is 0 Å². The molecular weight excluding hydrogens is 207 g/mol. The van der Waals surface area contributed by atoms with Gasteiger partial charge in [-0.25, -0.2) is 0 Å². The van der Waals surface area contributed by atoms with Crippen molar-refractivity contribution in [1.29, 1.82) is 0 Å². The lowest BCUT2D eigenvalue weighted by atomic mass is 11.0. The first kappa shape index (κ1) is 19.6. The Bertz CT molecular complexity index is 135. The molecule has 0 aliphatic carbocycles. The van der Waals surface area contributed by atoms with Gasteiger partial charge in [-0.2, -0.15) is 0 Å². The van der Waals surface area contributed by atoms with Crippen LogP contribution in [0.4, 0.5) is 0 Å². The van der Waals surface area contributed by atoms with Crippen molar-refractivity contribution in [1.82, 2.24) is 0 Å². The van der Waals surface area contributed by atoms with Crippen LogP contribution in [-0.4, -0.2) is 49.4 Å². The minimum absolute atomic E-state index is 0.820. The zero-order valence-corrected chi connectivity index (χ0v) is 11.0. The van der Waals surface area contributed by atoms with Crippen LogP contribution in [0.3, 0.4) is 0 Å². The number of quaternary nitrogens is 2. The number of hydrogen-bond acceptors (Lipinski definition) is 4. The van der Waals surface area contributed by atoms with Crippen LogP contribution in [0, 0.1) is 0 Å². The van der Waals surface area contributed by atoms with Crippen LogP contribution >= 0.6 is 7.82 Å². The average molecular weight is 230 g/mol. The van der Waals surface area contributed by atoms with Crippen LogP contribution in [0.25, 0.3) is 0 Å². The van der Waals surface area contributed by atoms with E-state index in [9.17, 15) is 14.4 Å². The fraction of sp³-hybridized carbons (Fsp3) is 1.00. The van der Waals surface area contributed by atoms with E-state index in [2.05, 4.69) is 46.8 Å². The van der Waals surface area contributed by atoms with Crippen molar-refractivity contribution >= 4 is 7.82 Å². The molecule has 2 N–H and O–H groups in total. The van der Waals surface area contributed by atoms with Crippen molar-refractivity contribution in [2.75, 3.05) is 49.4 Å². The maximum atomic E-state index is 9.25. The molecule has 0 unspecified atom stereocenters. The van der Waals surface area contributed by atoms with E-state index in [4.69, 9.17) is 0 Å². The largest absolute Gasteiger partial charge is 0.790 e. The summed E-state index contributed by atoms with van der Waals surface area (Å²) in [5.41, 5.74) is 0. The van der Waals surface area contributed by atoms with Crippen molar-refractivity contribution in [3.63, 3.8) is 0 Å². The van der Waals surface area contributed by atoms with Crippen LogP contribution in [0.15, 0.2) is 0 Å². The molecule has 6 nitrogen and oxygen atoms in total. The molecule has 0 heterocycles. The molecule has 0 fully saturated rings. The van der Waals surface area contributed by atoms with Crippen LogP contribution < -0.4 is 19.6 Å². The highest BCUT2D eigenvalue weighted by Gasteiger charge is 1.75. The Morgan fingerprint density at radius 2 is 1.00 bits per heavy atom. The number of rotatable bonds is 1. The van der Waals surface area contributed by atoms with Crippen LogP contribution in [-0.2, 0) is 9.09 Å². The quantitative estimate of drug-likeness (QED) is 0.450. The van der Waals surface area contributed by atoms with Crippen LogP contribution in [0.5, 0.6) is 0 Å². The molecule has 0 aliphatic heterocycles. The van der Waals surface area contributed by atoms with E-state index in [1.54, 1.807) is 0 Å². The molecule has 7 heteroatoms. The summed E-state index contributed by atoms with van der Waals surface area (Å²) in [5.74, 6) is 0. The van der Waals surface area contributed by atoms with Gasteiger partial charge in [-0.1, -0.05) is 0 Å². The SMILES string of the molecule is COP(=O)([O-])[O-].C[NH+](C)C.C[NH+](C)C. The first-order chi connectivity index (χ1) is 6.02. The number of phosphoric ester groups is 1. The molecule has 0 spiro atoms. The van der Waals surface area contributed by atoms with Gasteiger partial charge in [0, 0.05) is 7.11 Å². The molecule has 0 radical (unpaired) electrons. The van der Waals surface area contributed by atoms with Gasteiger partial charge >= 0.3 is 0 Å². The number of hydrogen-bond donors (Lipinski definition) is 2. The first-order valence-corrected chi connectivity index (χ1v) is 5.60. The summed E-state index contributed by atoms with van der Waals surface area (Å²) >= 11 is 0. The molecular formula is C7H23N2O4P. The van der Waals surface area contributed by atoms with Crippen LogP contribution in [0.1, 0.15) is 0 Å². The van der Waals surface area contributed by atoms with Crippen LogP contribution in [0.2, 0.25) is 0 Å². The lowest BCUT2D eigenvalue weighted by Crippen LogP contribution is -3.02. The molecule has 0 amide bonds. The van der Waals surface area contributed by atoms with E-state index in [0.717, 1.165) is 7.11 Å². The normalized spacial score (nSPS) is 10.2. The molecule has 14 heavy (non-hydrogen) atoms. The smallest absolute Gasteiger partial charge is 0.0661 e. The third-order valence-corrected chi connectivity index (χ3v) is 0.671. The number of nitrogens with one attached hydrogen (secondary N) is 2. The molecule has 0 bridgehead atoms. The summed E-state index contributed by atoms with van der Waals surface area (Å²) in [6.07, 6.45) is 0. The highest BCUT2D eigenvalue weighted by atomic mass is 31.2. The van der Waals surface area contributed by atoms with Gasteiger partial charge in [0.25, 0.3) is 0 Å². The molecule has 0 aromatic carbocycles. The Hall–Kier alpha value is 0.0300. The second-order valence-corrected chi connectivity index (χ2v) is 4.89. The van der Waals surface area contributed by atoms with E-state index in [1.165, 1.54) is 9.80 Å². The maximum absolute atomic E-state index is 9.25. The van der Waals surface area contributed by atoms with Gasteiger partial charge < -0.3 is 28.7 Å². The van der Waals surface area contributed by atoms with Crippen molar-refractivity contribution in [2.24, 2.45) is 0 Å². The lowest BCUT2D eigenvalue weighted by molar-refractivity contribution is -0.836. The Morgan fingerprint density at radius 1 is 0.929 bits per heavy atom. The summed E-state index contributed by atoms with van der Waals surface area (Å²) in [4.78, 5) is 21.3. The van der Waals surface area contributed by atoms with Gasteiger partial charge in [0.1, 0.15) is 0 Å². The Kier molecular flexibility index (Phi) is 15.5. The minimum Gasteiger partial charge on any atom is -0.790 e. The summed E-state index contributed by atoms with van der Waals surface area (Å²) in [7, 11) is 8.67. The van der Waals surface area contributed by atoms with E-state index in [-0.39, 0.29) is 0 Å². The second-order valence-electron chi connectivity index (χ2n) is 3.63. The lowest BCUT2D eigenvalue weighted by Gasteiger charge is -2.25. The van der Waals surface area contributed by atoms with Gasteiger partial charge in [0.15, 0.2) is 0 Å². The molecule has 0 aliphatic rings. The number of phosphoric acid groups is 1. The molecule has 0 saturated heterocycles. The Morgan fingerprint density at radius 3 is 1.00 bits per heavy atom. The second kappa shape index (κ2) is 11.1. The van der Waals surface area contributed by atoms with Gasteiger partial charge in [0.05, 0.1) is 50.1 Å². The Balaban J connectivity index is -0.000000135. The van der Waals surface area contributed by atoms with Crippen molar-refractivity contribution in [3.05, 3.63) is 0 Å². The predicted octanol–water partition coefficient (Wildman–Crippen LogP) is -4.02. The third-order valence-electron chi connectivity index (χ3n) is 0.224. The van der Waals surface area contributed by atoms with E-state index in [0.29, 0.717) is 0 Å².